The Morgan fingerprint density at radius 2 is 1.10 bits per heavy atom. The van der Waals surface area contributed by atoms with E-state index in [2.05, 4.69) is 67.6 Å². The van der Waals surface area contributed by atoms with Crippen LogP contribution < -0.4 is 4.74 Å². The molecule has 0 spiro atoms. The zero-order valence-corrected chi connectivity index (χ0v) is 24.4. The van der Waals surface area contributed by atoms with Gasteiger partial charge in [-0.15, -0.1) is 0 Å². The van der Waals surface area contributed by atoms with Crippen molar-refractivity contribution in [2.75, 3.05) is 6.61 Å². The molecular formula is C36H48O3. The van der Waals surface area contributed by atoms with Gasteiger partial charge in [0, 0.05) is 6.92 Å². The van der Waals surface area contributed by atoms with Crippen LogP contribution in [0.2, 0.25) is 0 Å². The van der Waals surface area contributed by atoms with Crippen molar-refractivity contribution in [1.82, 2.24) is 0 Å². The summed E-state index contributed by atoms with van der Waals surface area (Å²) in [7, 11) is 0. The minimum Gasteiger partial charge on any atom is -0.494 e. The smallest absolute Gasteiger partial charge is 0.303 e. The van der Waals surface area contributed by atoms with Gasteiger partial charge in [-0.2, -0.15) is 0 Å². The minimum absolute atomic E-state index is 0.255. The molecule has 3 rings (SSSR count). The largest absolute Gasteiger partial charge is 0.494 e. The Balaban J connectivity index is 1.41. The Labute approximate surface area is 237 Å². The normalized spacial score (nSPS) is 11.8. The molecule has 3 aromatic carbocycles. The number of carbonyl (C=O) groups excluding carboxylic acids is 1. The molecule has 0 aliphatic carbocycles. The maximum Gasteiger partial charge on any atom is 0.303 e. The van der Waals surface area contributed by atoms with Gasteiger partial charge >= 0.3 is 5.97 Å². The standard InChI is InChI=1S/C36H48O3/c1-4-5-6-7-8-9-10-11-12-13-14-17-28-38-34-26-24-33(25-27-34)36-19-16-15-18-35(36)32-22-20-31(21-23-32)29(2)39-30(3)37/h15-16,18-27,29H,4-14,17,28H2,1-3H3. The van der Waals surface area contributed by atoms with E-state index in [1.165, 1.54) is 94.2 Å². The fourth-order valence-electron chi connectivity index (χ4n) is 5.10. The molecule has 210 valence electrons. The molecule has 0 aromatic heterocycles. The van der Waals surface area contributed by atoms with E-state index in [0.29, 0.717) is 0 Å². The second kappa shape index (κ2) is 17.5. The van der Waals surface area contributed by atoms with Gasteiger partial charge in [0.25, 0.3) is 0 Å². The highest BCUT2D eigenvalue weighted by atomic mass is 16.5. The lowest BCUT2D eigenvalue weighted by atomic mass is 9.94. The first-order chi connectivity index (χ1) is 19.1. The van der Waals surface area contributed by atoms with Crippen LogP contribution in [0, 0.1) is 0 Å². The van der Waals surface area contributed by atoms with Crippen LogP contribution in [-0.4, -0.2) is 12.6 Å². The monoisotopic (exact) mass is 528 g/mol. The summed E-state index contributed by atoms with van der Waals surface area (Å²) in [6.07, 6.45) is 16.0. The predicted molar refractivity (Wildman–Crippen MR) is 164 cm³/mol. The van der Waals surface area contributed by atoms with Crippen molar-refractivity contribution < 1.29 is 14.3 Å². The van der Waals surface area contributed by atoms with Crippen molar-refractivity contribution in [2.24, 2.45) is 0 Å². The fourth-order valence-corrected chi connectivity index (χ4v) is 5.10. The van der Waals surface area contributed by atoms with Crippen LogP contribution in [0.5, 0.6) is 5.75 Å². The van der Waals surface area contributed by atoms with Crippen LogP contribution in [0.1, 0.15) is 109 Å². The van der Waals surface area contributed by atoms with Gasteiger partial charge in [-0.3, -0.25) is 4.79 Å². The second-order valence-electron chi connectivity index (χ2n) is 10.7. The van der Waals surface area contributed by atoms with E-state index in [1.807, 2.05) is 19.1 Å². The third-order valence-electron chi connectivity index (χ3n) is 7.39. The van der Waals surface area contributed by atoms with E-state index in [4.69, 9.17) is 9.47 Å². The molecule has 39 heavy (non-hydrogen) atoms. The zero-order valence-electron chi connectivity index (χ0n) is 24.4. The predicted octanol–water partition coefficient (Wildman–Crippen LogP) is 10.7. The number of unbranched alkanes of at least 4 members (excludes halogenated alkanes) is 11. The molecule has 0 bridgehead atoms. The fraction of sp³-hybridized carbons (Fsp3) is 0.472. The van der Waals surface area contributed by atoms with Crippen LogP contribution in [-0.2, 0) is 9.53 Å². The molecule has 0 amide bonds. The van der Waals surface area contributed by atoms with E-state index in [1.54, 1.807) is 0 Å². The van der Waals surface area contributed by atoms with E-state index in [0.717, 1.165) is 29.9 Å². The van der Waals surface area contributed by atoms with Crippen molar-refractivity contribution in [3.8, 4) is 28.0 Å². The van der Waals surface area contributed by atoms with Gasteiger partial charge in [0.05, 0.1) is 6.61 Å². The van der Waals surface area contributed by atoms with Gasteiger partial charge < -0.3 is 9.47 Å². The van der Waals surface area contributed by atoms with Crippen molar-refractivity contribution in [2.45, 2.75) is 104 Å². The highest BCUT2D eigenvalue weighted by molar-refractivity contribution is 5.83. The van der Waals surface area contributed by atoms with Gasteiger partial charge in [-0.1, -0.05) is 138 Å². The van der Waals surface area contributed by atoms with Gasteiger partial charge in [-0.05, 0) is 53.3 Å². The summed E-state index contributed by atoms with van der Waals surface area (Å²) in [5.41, 5.74) is 5.65. The van der Waals surface area contributed by atoms with Crippen LogP contribution >= 0.6 is 0 Å². The maximum absolute atomic E-state index is 11.3. The Kier molecular flexibility index (Phi) is 13.7. The summed E-state index contributed by atoms with van der Waals surface area (Å²) in [4.78, 5) is 11.3. The number of rotatable bonds is 18. The van der Waals surface area contributed by atoms with Crippen molar-refractivity contribution in [3.63, 3.8) is 0 Å². The molecule has 0 N–H and O–H groups in total. The SMILES string of the molecule is CCCCCCCCCCCCCCOc1ccc(-c2ccccc2-c2ccc(C(C)OC(C)=O)cc2)cc1. The van der Waals surface area contributed by atoms with Crippen molar-refractivity contribution in [1.29, 1.82) is 0 Å². The zero-order chi connectivity index (χ0) is 27.7. The van der Waals surface area contributed by atoms with E-state index < -0.39 is 0 Å². The summed E-state index contributed by atoms with van der Waals surface area (Å²) in [5.74, 6) is 0.668. The number of esters is 1. The average Bonchev–Trinajstić information content (AvgIpc) is 2.95. The molecule has 0 aliphatic heterocycles. The van der Waals surface area contributed by atoms with Crippen molar-refractivity contribution in [3.05, 3.63) is 78.4 Å². The second-order valence-corrected chi connectivity index (χ2v) is 10.7. The average molecular weight is 529 g/mol. The first-order valence-corrected chi connectivity index (χ1v) is 15.2. The van der Waals surface area contributed by atoms with Gasteiger partial charge in [0.2, 0.25) is 0 Å². The molecule has 0 heterocycles. The van der Waals surface area contributed by atoms with Crippen LogP contribution in [0.3, 0.4) is 0 Å². The van der Waals surface area contributed by atoms with E-state index in [9.17, 15) is 4.79 Å². The van der Waals surface area contributed by atoms with Crippen LogP contribution in [0.25, 0.3) is 22.3 Å². The number of hydrogen-bond acceptors (Lipinski definition) is 3. The Morgan fingerprint density at radius 1 is 0.641 bits per heavy atom. The molecule has 3 heteroatoms. The van der Waals surface area contributed by atoms with Crippen LogP contribution in [0.4, 0.5) is 0 Å². The number of carbonyl (C=O) groups is 1. The van der Waals surface area contributed by atoms with Crippen molar-refractivity contribution >= 4 is 5.97 Å². The lowest BCUT2D eigenvalue weighted by Crippen LogP contribution is -2.04. The van der Waals surface area contributed by atoms with E-state index >= 15 is 0 Å². The third kappa shape index (κ3) is 10.9. The quantitative estimate of drug-likeness (QED) is 0.122. The molecule has 0 saturated heterocycles. The number of benzene rings is 3. The molecule has 3 aromatic rings. The highest BCUT2D eigenvalue weighted by Crippen LogP contribution is 2.33. The lowest BCUT2D eigenvalue weighted by Gasteiger charge is -2.14. The summed E-state index contributed by atoms with van der Waals surface area (Å²) in [6, 6.07) is 25.2. The Morgan fingerprint density at radius 3 is 1.59 bits per heavy atom. The summed E-state index contributed by atoms with van der Waals surface area (Å²) in [6.45, 7) is 6.40. The summed E-state index contributed by atoms with van der Waals surface area (Å²) < 4.78 is 11.3. The first-order valence-electron chi connectivity index (χ1n) is 15.2. The molecule has 0 fully saturated rings. The van der Waals surface area contributed by atoms with E-state index in [-0.39, 0.29) is 12.1 Å². The van der Waals surface area contributed by atoms with Crippen LogP contribution in [0.15, 0.2) is 72.8 Å². The Bertz CT molecular complexity index is 1090. The molecule has 1 unspecified atom stereocenters. The number of hydrogen-bond donors (Lipinski definition) is 0. The molecular weight excluding hydrogens is 480 g/mol. The topological polar surface area (TPSA) is 35.5 Å². The molecule has 0 radical (unpaired) electrons. The molecule has 0 aliphatic rings. The molecule has 0 saturated carbocycles. The minimum atomic E-state index is -0.265. The van der Waals surface area contributed by atoms with Gasteiger partial charge in [0.15, 0.2) is 0 Å². The summed E-state index contributed by atoms with van der Waals surface area (Å²) >= 11 is 0. The van der Waals surface area contributed by atoms with Gasteiger partial charge in [0.1, 0.15) is 11.9 Å². The maximum atomic E-state index is 11.3. The Hall–Kier alpha value is -3.07. The molecule has 1 atom stereocenters. The summed E-state index contributed by atoms with van der Waals surface area (Å²) in [5, 5.41) is 0. The third-order valence-corrected chi connectivity index (χ3v) is 7.39. The molecule has 3 nitrogen and oxygen atoms in total. The highest BCUT2D eigenvalue weighted by Gasteiger charge is 2.11. The number of ether oxygens (including phenoxy) is 2. The lowest BCUT2D eigenvalue weighted by molar-refractivity contribution is -0.145. The van der Waals surface area contributed by atoms with Gasteiger partial charge in [-0.25, -0.2) is 0 Å². The first kappa shape index (κ1) is 30.5.